The maximum absolute atomic E-state index is 11.6. The highest BCUT2D eigenvalue weighted by Crippen LogP contribution is 2.22. The highest BCUT2D eigenvalue weighted by atomic mass is 79.9. The van der Waals surface area contributed by atoms with Gasteiger partial charge in [0.1, 0.15) is 0 Å². The molecule has 2 heterocycles. The summed E-state index contributed by atoms with van der Waals surface area (Å²) >= 11 is 8.24. The van der Waals surface area contributed by atoms with Gasteiger partial charge in [0.25, 0.3) is 5.91 Å². The molecule has 1 N–H and O–H groups in total. The van der Waals surface area contributed by atoms with E-state index in [1.54, 1.807) is 23.5 Å². The van der Waals surface area contributed by atoms with Gasteiger partial charge in [-0.25, -0.2) is 0 Å². The van der Waals surface area contributed by atoms with Crippen LogP contribution in [0.3, 0.4) is 0 Å². The summed E-state index contributed by atoms with van der Waals surface area (Å²) < 4.78 is 6.82. The number of amides is 1. The lowest BCUT2D eigenvalue weighted by molar-refractivity contribution is 0.0925. The third-order valence-corrected chi connectivity index (χ3v) is 4.19. The van der Waals surface area contributed by atoms with Crippen LogP contribution in [0.15, 0.2) is 37.1 Å². The predicted molar refractivity (Wildman–Crippen MR) is 74.5 cm³/mol. The number of hydrogen-bond donors (Lipinski definition) is 1. The highest BCUT2D eigenvalue weighted by Gasteiger charge is 2.09. The molecule has 0 saturated carbocycles. The van der Waals surface area contributed by atoms with Crippen LogP contribution in [0, 0.1) is 0 Å². The first-order valence-corrected chi connectivity index (χ1v) is 7.33. The van der Waals surface area contributed by atoms with Crippen LogP contribution in [0.2, 0.25) is 0 Å². The molecular weight excluding hydrogens is 370 g/mol. The summed E-state index contributed by atoms with van der Waals surface area (Å²) in [5.74, 6) is 0.135. The molecule has 0 bridgehead atoms. The average Bonchev–Trinajstić information content (AvgIpc) is 2.88. The minimum atomic E-state index is -0.189. The molecule has 0 saturated heterocycles. The van der Waals surface area contributed by atoms with Crippen LogP contribution in [0.5, 0.6) is 0 Å². The van der Waals surface area contributed by atoms with E-state index in [9.17, 15) is 4.79 Å². The van der Waals surface area contributed by atoms with Crippen molar-refractivity contribution in [2.75, 3.05) is 6.54 Å². The second-order valence-corrected chi connectivity index (χ2v) is 6.64. The minimum absolute atomic E-state index is 0.189. The first-order chi connectivity index (χ1) is 8.15. The highest BCUT2D eigenvalue weighted by molar-refractivity contribution is 9.11. The monoisotopic (exact) mass is 377 g/mol. The van der Waals surface area contributed by atoms with Gasteiger partial charge in [-0.05, 0) is 62.5 Å². The van der Waals surface area contributed by atoms with Gasteiger partial charge >= 0.3 is 0 Å². The van der Waals surface area contributed by atoms with Gasteiger partial charge in [-0.15, -0.1) is 11.3 Å². The van der Waals surface area contributed by atoms with Crippen molar-refractivity contribution in [2.24, 2.45) is 0 Å². The lowest BCUT2D eigenvalue weighted by Crippen LogP contribution is -2.24. The van der Waals surface area contributed by atoms with Crippen LogP contribution in [-0.2, 0) is 6.42 Å². The Hall–Kier alpha value is -0.590. The first kappa shape index (κ1) is 12.9. The van der Waals surface area contributed by atoms with E-state index in [0.717, 1.165) is 10.2 Å². The van der Waals surface area contributed by atoms with Crippen LogP contribution in [0.25, 0.3) is 0 Å². The molecule has 0 spiro atoms. The van der Waals surface area contributed by atoms with E-state index in [-0.39, 0.29) is 5.91 Å². The quantitative estimate of drug-likeness (QED) is 0.878. The van der Waals surface area contributed by atoms with Gasteiger partial charge < -0.3 is 9.73 Å². The maximum Gasteiger partial charge on any atom is 0.287 e. The summed E-state index contributed by atoms with van der Waals surface area (Å²) in [4.78, 5) is 12.9. The summed E-state index contributed by atoms with van der Waals surface area (Å²) in [5.41, 5.74) is 0. The number of carbonyl (C=O) groups is 1. The number of carbonyl (C=O) groups excluding carboxylic acids is 1. The molecule has 2 aromatic rings. The molecule has 0 unspecified atom stereocenters. The third kappa shape index (κ3) is 3.69. The predicted octanol–water partition coefficient (Wildman–Crippen LogP) is 3.84. The van der Waals surface area contributed by atoms with Crippen molar-refractivity contribution in [3.05, 3.63) is 43.4 Å². The minimum Gasteiger partial charge on any atom is -0.444 e. The van der Waals surface area contributed by atoms with Crippen LogP contribution in [0.1, 0.15) is 15.4 Å². The topological polar surface area (TPSA) is 42.2 Å². The Labute approximate surface area is 119 Å². The number of thiophene rings is 1. The fraction of sp³-hybridized carbons (Fsp3) is 0.182. The van der Waals surface area contributed by atoms with Gasteiger partial charge in [0.15, 0.2) is 10.4 Å². The Morgan fingerprint density at radius 3 is 2.71 bits per heavy atom. The van der Waals surface area contributed by atoms with Crippen LogP contribution in [-0.4, -0.2) is 12.5 Å². The molecule has 6 heteroatoms. The van der Waals surface area contributed by atoms with E-state index in [1.807, 2.05) is 12.1 Å². The van der Waals surface area contributed by atoms with E-state index in [0.29, 0.717) is 17.0 Å². The third-order valence-electron chi connectivity index (χ3n) is 2.08. The molecule has 0 aliphatic rings. The molecule has 0 fully saturated rings. The fourth-order valence-corrected chi connectivity index (χ4v) is 3.10. The van der Waals surface area contributed by atoms with Crippen molar-refractivity contribution in [1.82, 2.24) is 5.32 Å². The summed E-state index contributed by atoms with van der Waals surface area (Å²) in [6.07, 6.45) is 0.823. The van der Waals surface area contributed by atoms with Crippen molar-refractivity contribution in [2.45, 2.75) is 6.42 Å². The molecule has 3 nitrogen and oxygen atoms in total. The average molecular weight is 379 g/mol. The van der Waals surface area contributed by atoms with Crippen LogP contribution >= 0.6 is 43.2 Å². The molecule has 17 heavy (non-hydrogen) atoms. The molecule has 0 aromatic carbocycles. The molecule has 2 rings (SSSR count). The van der Waals surface area contributed by atoms with Crippen molar-refractivity contribution < 1.29 is 9.21 Å². The van der Waals surface area contributed by atoms with Crippen molar-refractivity contribution in [3.63, 3.8) is 0 Å². The largest absolute Gasteiger partial charge is 0.444 e. The zero-order valence-electron chi connectivity index (χ0n) is 8.70. The lowest BCUT2D eigenvalue weighted by atomic mass is 10.3. The molecule has 0 aliphatic heterocycles. The van der Waals surface area contributed by atoms with Gasteiger partial charge in [-0.3, -0.25) is 4.79 Å². The first-order valence-electron chi connectivity index (χ1n) is 4.93. The van der Waals surface area contributed by atoms with Gasteiger partial charge in [-0.1, -0.05) is 0 Å². The summed E-state index contributed by atoms with van der Waals surface area (Å²) in [7, 11) is 0. The Kier molecular flexibility index (Phi) is 4.42. The van der Waals surface area contributed by atoms with Crippen LogP contribution < -0.4 is 5.32 Å². The van der Waals surface area contributed by atoms with Crippen molar-refractivity contribution in [3.8, 4) is 0 Å². The van der Waals surface area contributed by atoms with E-state index < -0.39 is 0 Å². The Morgan fingerprint density at radius 1 is 1.29 bits per heavy atom. The molecule has 90 valence electrons. The zero-order chi connectivity index (χ0) is 12.3. The van der Waals surface area contributed by atoms with Gasteiger partial charge in [-0.2, -0.15) is 0 Å². The van der Waals surface area contributed by atoms with Gasteiger partial charge in [0, 0.05) is 11.4 Å². The second-order valence-electron chi connectivity index (χ2n) is 3.32. The van der Waals surface area contributed by atoms with Crippen molar-refractivity contribution in [1.29, 1.82) is 0 Å². The summed E-state index contributed by atoms with van der Waals surface area (Å²) in [6, 6.07) is 7.39. The number of hydrogen-bond acceptors (Lipinski definition) is 3. The standard InChI is InChI=1S/C11H9Br2NO2S/c12-9-3-2-8(16-9)11(15)14-6-5-7-1-4-10(13)17-7/h1-4H,5-6H2,(H,14,15). The fourth-order valence-electron chi connectivity index (χ4n) is 1.31. The van der Waals surface area contributed by atoms with E-state index >= 15 is 0 Å². The Morgan fingerprint density at radius 2 is 2.12 bits per heavy atom. The van der Waals surface area contributed by atoms with Gasteiger partial charge in [0.05, 0.1) is 3.79 Å². The number of halogens is 2. The van der Waals surface area contributed by atoms with E-state index in [1.165, 1.54) is 4.88 Å². The Bertz CT molecular complexity index is 521. The molecule has 0 aliphatic carbocycles. The maximum atomic E-state index is 11.6. The van der Waals surface area contributed by atoms with Crippen LogP contribution in [0.4, 0.5) is 0 Å². The molecule has 0 atom stereocenters. The normalized spacial score (nSPS) is 10.5. The summed E-state index contributed by atoms with van der Waals surface area (Å²) in [5, 5.41) is 2.81. The number of furan rings is 1. The van der Waals surface area contributed by atoms with E-state index in [2.05, 4.69) is 37.2 Å². The van der Waals surface area contributed by atoms with Gasteiger partial charge in [0.2, 0.25) is 0 Å². The SMILES string of the molecule is O=C(NCCc1ccc(Br)s1)c1ccc(Br)o1. The molecule has 0 radical (unpaired) electrons. The lowest BCUT2D eigenvalue weighted by Gasteiger charge is -2.01. The smallest absolute Gasteiger partial charge is 0.287 e. The molecule has 2 aromatic heterocycles. The van der Waals surface area contributed by atoms with Crippen molar-refractivity contribution >= 4 is 49.1 Å². The molecular formula is C11H9Br2NO2S. The number of nitrogens with one attached hydrogen (secondary N) is 1. The number of rotatable bonds is 4. The Balaban J connectivity index is 1.81. The second kappa shape index (κ2) is 5.84. The zero-order valence-corrected chi connectivity index (χ0v) is 12.7. The van der Waals surface area contributed by atoms with E-state index in [4.69, 9.17) is 4.42 Å². The summed E-state index contributed by atoms with van der Waals surface area (Å²) in [6.45, 7) is 0.601. The molecule has 1 amide bonds.